The Kier molecular flexibility index (Phi) is 9.24. The number of amides is 1. The first kappa shape index (κ1) is 32.8. The van der Waals surface area contributed by atoms with Crippen molar-refractivity contribution in [2.45, 2.75) is 56.6 Å². The van der Waals surface area contributed by atoms with E-state index in [4.69, 9.17) is 16.3 Å². The Hall–Kier alpha value is -3.11. The molecule has 1 saturated carbocycles. The smallest absolute Gasteiger partial charge is 0.490 e. The summed E-state index contributed by atoms with van der Waals surface area (Å²) >= 11 is 5.65. The molecule has 1 saturated heterocycles. The number of piperidine rings is 1. The Balaban J connectivity index is 1.47. The predicted octanol–water partition coefficient (Wildman–Crippen LogP) is 5.84. The zero-order chi connectivity index (χ0) is 31.9. The predicted molar refractivity (Wildman–Crippen MR) is 137 cm³/mol. The molecule has 8 nitrogen and oxygen atoms in total. The lowest BCUT2D eigenvalue weighted by Crippen LogP contribution is -2.42. The molecular weight excluding hydrogens is 637 g/mol. The molecule has 43 heavy (non-hydrogen) atoms. The number of carbonyl (C=O) groups is 2. The van der Waals surface area contributed by atoms with E-state index in [-0.39, 0.29) is 18.2 Å². The van der Waals surface area contributed by atoms with Crippen molar-refractivity contribution >= 4 is 33.5 Å². The molecule has 1 aliphatic heterocycles. The molecule has 1 amide bonds. The largest absolute Gasteiger partial charge is 0.493 e. The van der Waals surface area contributed by atoms with E-state index in [9.17, 15) is 44.3 Å². The topological polar surface area (TPSA) is 93.2 Å². The van der Waals surface area contributed by atoms with Gasteiger partial charge in [0.25, 0.3) is 10.0 Å². The van der Waals surface area contributed by atoms with Crippen LogP contribution >= 0.6 is 11.6 Å². The molecule has 0 atom stereocenters. The van der Waals surface area contributed by atoms with Crippen molar-refractivity contribution in [2.24, 2.45) is 0 Å². The first-order chi connectivity index (χ1) is 19.8. The van der Waals surface area contributed by atoms with Crippen LogP contribution in [-0.2, 0) is 32.4 Å². The minimum atomic E-state index is -5.62. The summed E-state index contributed by atoms with van der Waals surface area (Å²) in [6, 6.07) is 5.32. The van der Waals surface area contributed by atoms with Gasteiger partial charge in [-0.2, -0.15) is 26.3 Å². The first-order valence-electron chi connectivity index (χ1n) is 12.8. The van der Waals surface area contributed by atoms with Gasteiger partial charge in [0.1, 0.15) is 17.7 Å². The highest BCUT2D eigenvalue weighted by Crippen LogP contribution is 2.43. The summed E-state index contributed by atoms with van der Waals surface area (Å²) in [5.74, 6) is -6.12. The summed E-state index contributed by atoms with van der Waals surface area (Å²) in [5.41, 5.74) is -0.959. The lowest BCUT2D eigenvalue weighted by molar-refractivity contribution is -0.216. The molecule has 0 aromatic heterocycles. The normalized spacial score (nSPS) is 17.0. The molecule has 0 bridgehead atoms. The lowest BCUT2D eigenvalue weighted by Gasteiger charge is -2.33. The molecule has 2 aromatic rings. The van der Waals surface area contributed by atoms with Crippen molar-refractivity contribution < 1.29 is 58.3 Å². The Labute approximate surface area is 246 Å². The van der Waals surface area contributed by atoms with Crippen LogP contribution in [0.2, 0.25) is 5.02 Å². The fourth-order valence-electron chi connectivity index (χ4n) is 4.61. The molecule has 2 aliphatic rings. The second-order valence-corrected chi connectivity index (χ2v) is 12.4. The standard InChI is InChI=1S/C26H24ClF7N2O6S/c1-43(39,40)36(42-24(38)26(32,33)34)23(37)19-12-18(14-2-3-14)15(10-22(19)28)13-35-8-6-16(7-9-35)41-17-4-5-21(27)20(11-17)25(29,30)31/h4-5,10-12,14,16H,2-3,6-9,13H2,1H3. The van der Waals surface area contributed by atoms with Gasteiger partial charge >= 0.3 is 24.2 Å². The van der Waals surface area contributed by atoms with Crippen LogP contribution in [0.25, 0.3) is 0 Å². The number of hydroxylamine groups is 1. The number of hydrogen-bond acceptors (Lipinski definition) is 7. The Morgan fingerprint density at radius 3 is 2.19 bits per heavy atom. The highest BCUT2D eigenvalue weighted by atomic mass is 35.5. The average molecular weight is 661 g/mol. The van der Waals surface area contributed by atoms with Crippen molar-refractivity contribution in [1.29, 1.82) is 0 Å². The number of hydrogen-bond donors (Lipinski definition) is 0. The molecule has 236 valence electrons. The SMILES string of the molecule is CS(=O)(=O)N(OC(=O)C(F)(F)F)C(=O)c1cc(C2CC2)c(CN2CCC(Oc3ccc(Cl)c(C(F)(F)F)c3)CC2)cc1F. The summed E-state index contributed by atoms with van der Waals surface area (Å²) in [7, 11) is -4.88. The summed E-state index contributed by atoms with van der Waals surface area (Å²) in [6.45, 7) is 1.04. The zero-order valence-electron chi connectivity index (χ0n) is 22.3. The molecule has 0 unspecified atom stereocenters. The summed E-state index contributed by atoms with van der Waals surface area (Å²) in [5, 5.41) is -0.451. The van der Waals surface area contributed by atoms with Gasteiger partial charge in [0, 0.05) is 19.6 Å². The molecule has 4 rings (SSSR count). The van der Waals surface area contributed by atoms with Crippen LogP contribution in [0.5, 0.6) is 5.75 Å². The van der Waals surface area contributed by atoms with Gasteiger partial charge in [0.05, 0.1) is 22.4 Å². The monoisotopic (exact) mass is 660 g/mol. The number of carbonyl (C=O) groups excluding carboxylic acids is 2. The Morgan fingerprint density at radius 1 is 1.02 bits per heavy atom. The van der Waals surface area contributed by atoms with Crippen LogP contribution in [0.4, 0.5) is 30.7 Å². The third-order valence-corrected chi connectivity index (χ3v) is 7.99. The van der Waals surface area contributed by atoms with E-state index in [0.717, 1.165) is 24.3 Å². The highest BCUT2D eigenvalue weighted by molar-refractivity contribution is 7.88. The third kappa shape index (κ3) is 8.09. The van der Waals surface area contributed by atoms with E-state index < -0.39 is 66.8 Å². The van der Waals surface area contributed by atoms with Crippen LogP contribution in [-0.4, -0.2) is 61.3 Å². The van der Waals surface area contributed by atoms with Crippen molar-refractivity contribution in [2.75, 3.05) is 19.3 Å². The van der Waals surface area contributed by atoms with Gasteiger partial charge in [-0.3, -0.25) is 9.69 Å². The molecule has 2 aromatic carbocycles. The van der Waals surface area contributed by atoms with Gasteiger partial charge in [-0.1, -0.05) is 16.1 Å². The number of nitrogens with zero attached hydrogens (tertiary/aromatic N) is 2. The number of alkyl halides is 6. The van der Waals surface area contributed by atoms with Gasteiger partial charge in [-0.05, 0) is 73.1 Å². The molecule has 0 radical (unpaired) electrons. The minimum absolute atomic E-state index is 0.0116. The second-order valence-electron chi connectivity index (χ2n) is 10.2. The maximum atomic E-state index is 15.2. The Morgan fingerprint density at radius 2 is 1.65 bits per heavy atom. The van der Waals surface area contributed by atoms with E-state index in [1.807, 2.05) is 4.90 Å². The third-order valence-electron chi connectivity index (χ3n) is 6.82. The second kappa shape index (κ2) is 12.1. The average Bonchev–Trinajstić information content (AvgIpc) is 3.73. The highest BCUT2D eigenvalue weighted by Gasteiger charge is 2.46. The van der Waals surface area contributed by atoms with E-state index in [2.05, 4.69) is 4.84 Å². The van der Waals surface area contributed by atoms with Crippen LogP contribution in [0, 0.1) is 5.82 Å². The lowest BCUT2D eigenvalue weighted by atomic mass is 9.97. The number of benzene rings is 2. The molecule has 0 N–H and O–H groups in total. The number of ether oxygens (including phenoxy) is 1. The summed E-state index contributed by atoms with van der Waals surface area (Å²) < 4.78 is 121. The van der Waals surface area contributed by atoms with Crippen molar-refractivity contribution in [1.82, 2.24) is 9.37 Å². The van der Waals surface area contributed by atoms with Gasteiger partial charge in [0.2, 0.25) is 0 Å². The van der Waals surface area contributed by atoms with E-state index in [1.54, 1.807) is 0 Å². The first-order valence-corrected chi connectivity index (χ1v) is 15.0. The number of sulfonamides is 1. The van der Waals surface area contributed by atoms with Gasteiger partial charge in [0.15, 0.2) is 0 Å². The van der Waals surface area contributed by atoms with Crippen LogP contribution < -0.4 is 4.74 Å². The van der Waals surface area contributed by atoms with E-state index in [0.29, 0.717) is 56.2 Å². The van der Waals surface area contributed by atoms with Crippen LogP contribution in [0.3, 0.4) is 0 Å². The van der Waals surface area contributed by atoms with Crippen molar-refractivity contribution in [3.05, 3.63) is 63.4 Å². The van der Waals surface area contributed by atoms with Crippen LogP contribution in [0.1, 0.15) is 58.6 Å². The quantitative estimate of drug-likeness (QED) is 0.272. The fraction of sp³-hybridized carbons (Fsp3) is 0.462. The minimum Gasteiger partial charge on any atom is -0.490 e. The van der Waals surface area contributed by atoms with Crippen LogP contribution in [0.15, 0.2) is 30.3 Å². The van der Waals surface area contributed by atoms with Gasteiger partial charge in [-0.25, -0.2) is 17.6 Å². The zero-order valence-corrected chi connectivity index (χ0v) is 23.8. The van der Waals surface area contributed by atoms with Gasteiger partial charge in [-0.15, -0.1) is 0 Å². The number of halogens is 8. The molecule has 2 fully saturated rings. The number of likely N-dealkylation sites (tertiary alicyclic amines) is 1. The number of rotatable bonds is 7. The van der Waals surface area contributed by atoms with Crippen molar-refractivity contribution in [3.63, 3.8) is 0 Å². The fourth-order valence-corrected chi connectivity index (χ4v) is 5.43. The maximum absolute atomic E-state index is 15.2. The van der Waals surface area contributed by atoms with E-state index >= 15 is 4.39 Å². The molecule has 1 heterocycles. The molecule has 1 aliphatic carbocycles. The van der Waals surface area contributed by atoms with Gasteiger partial charge < -0.3 is 9.57 Å². The maximum Gasteiger partial charge on any atom is 0.493 e. The molecular formula is C26H24ClF7N2O6S. The molecule has 17 heteroatoms. The summed E-state index contributed by atoms with van der Waals surface area (Å²) in [4.78, 5) is 29.8. The van der Waals surface area contributed by atoms with E-state index in [1.165, 1.54) is 6.07 Å². The Bertz CT molecular complexity index is 1500. The summed E-state index contributed by atoms with van der Waals surface area (Å²) in [6.07, 6.45) is -8.16. The van der Waals surface area contributed by atoms with Crippen molar-refractivity contribution in [3.8, 4) is 5.75 Å². The molecule has 0 spiro atoms.